The van der Waals surface area contributed by atoms with Crippen LogP contribution >= 0.6 is 11.6 Å². The highest BCUT2D eigenvalue weighted by atomic mass is 35.5. The fraction of sp³-hybridized carbons (Fsp3) is 0.227. The Balaban J connectivity index is 1.59. The van der Waals surface area contributed by atoms with Gasteiger partial charge in [-0.1, -0.05) is 29.3 Å². The molecule has 0 radical (unpaired) electrons. The van der Waals surface area contributed by atoms with E-state index in [4.69, 9.17) is 16.0 Å². The molecule has 2 aromatic heterocycles. The van der Waals surface area contributed by atoms with E-state index in [0.29, 0.717) is 46.3 Å². The van der Waals surface area contributed by atoms with Crippen molar-refractivity contribution < 1.29 is 17.6 Å². The molecule has 0 fully saturated rings. The number of hydrazone groups is 1. The standard InChI is InChI=1S/C22H21ClN4O4S/c1-13-6-9-16(10-7-13)32(29,30)27-26-17-4-3-5-18-20(17)14(2)21(31-18)22(28)25-19-11-8-15(23)12-24-19/h6-12,27H,3-5H2,1-2H3,(H,24,25,28)/b26-17+. The molecule has 32 heavy (non-hydrogen) atoms. The monoisotopic (exact) mass is 472 g/mol. The summed E-state index contributed by atoms with van der Waals surface area (Å²) in [6.07, 6.45) is 3.35. The molecule has 2 heterocycles. The molecule has 8 nitrogen and oxygen atoms in total. The second kappa shape index (κ2) is 8.76. The lowest BCUT2D eigenvalue weighted by atomic mass is 9.93. The average Bonchev–Trinajstić information content (AvgIpc) is 3.11. The van der Waals surface area contributed by atoms with Crippen LogP contribution in [0.15, 0.2) is 57.0 Å². The summed E-state index contributed by atoms with van der Waals surface area (Å²) in [6.45, 7) is 3.63. The molecule has 166 valence electrons. The lowest BCUT2D eigenvalue weighted by Crippen LogP contribution is -2.22. The first-order chi connectivity index (χ1) is 15.2. The van der Waals surface area contributed by atoms with E-state index in [1.807, 2.05) is 6.92 Å². The number of hydrogen-bond acceptors (Lipinski definition) is 6. The lowest BCUT2D eigenvalue weighted by Gasteiger charge is -2.14. The van der Waals surface area contributed by atoms with Gasteiger partial charge in [0.1, 0.15) is 11.6 Å². The number of amides is 1. The van der Waals surface area contributed by atoms with Crippen LogP contribution in [0.25, 0.3) is 0 Å². The Morgan fingerprint density at radius 2 is 1.88 bits per heavy atom. The zero-order chi connectivity index (χ0) is 22.9. The van der Waals surface area contributed by atoms with Crippen LogP contribution in [0, 0.1) is 13.8 Å². The Bertz CT molecular complexity index is 1300. The summed E-state index contributed by atoms with van der Waals surface area (Å²) in [7, 11) is -3.81. The van der Waals surface area contributed by atoms with Gasteiger partial charge in [-0.25, -0.2) is 4.98 Å². The molecular formula is C22H21ClN4O4S. The first-order valence-electron chi connectivity index (χ1n) is 9.95. The van der Waals surface area contributed by atoms with Crippen LogP contribution in [-0.2, 0) is 16.4 Å². The third-order valence-corrected chi connectivity index (χ3v) is 6.58. The van der Waals surface area contributed by atoms with Crippen molar-refractivity contribution in [3.63, 3.8) is 0 Å². The minimum Gasteiger partial charge on any atom is -0.455 e. The first kappa shape index (κ1) is 22.0. The second-order valence-electron chi connectivity index (χ2n) is 7.49. The van der Waals surface area contributed by atoms with Gasteiger partial charge in [0, 0.05) is 23.7 Å². The molecule has 1 aromatic carbocycles. The van der Waals surface area contributed by atoms with Crippen molar-refractivity contribution in [3.8, 4) is 0 Å². The smallest absolute Gasteiger partial charge is 0.292 e. The van der Waals surface area contributed by atoms with E-state index < -0.39 is 15.9 Å². The molecule has 0 saturated heterocycles. The van der Waals surface area contributed by atoms with Crippen molar-refractivity contribution in [3.05, 3.63) is 75.8 Å². The normalized spacial score (nSPS) is 14.8. The van der Waals surface area contributed by atoms with Gasteiger partial charge in [0.05, 0.1) is 15.6 Å². The van der Waals surface area contributed by atoms with Gasteiger partial charge in [-0.15, -0.1) is 0 Å². The number of fused-ring (bicyclic) bond motifs is 1. The molecule has 0 saturated carbocycles. The Hall–Kier alpha value is -3.17. The van der Waals surface area contributed by atoms with Gasteiger partial charge in [-0.3, -0.25) is 4.79 Å². The number of halogens is 1. The van der Waals surface area contributed by atoms with Crippen LogP contribution in [0.2, 0.25) is 5.02 Å². The Morgan fingerprint density at radius 1 is 1.12 bits per heavy atom. The predicted molar refractivity (Wildman–Crippen MR) is 122 cm³/mol. The predicted octanol–water partition coefficient (Wildman–Crippen LogP) is 4.22. The number of carbonyl (C=O) groups excluding carboxylic acids is 1. The van der Waals surface area contributed by atoms with E-state index in [1.54, 1.807) is 31.2 Å². The molecule has 0 unspecified atom stereocenters. The largest absolute Gasteiger partial charge is 0.455 e. The number of benzene rings is 1. The first-order valence-corrected chi connectivity index (χ1v) is 11.8. The highest BCUT2D eigenvalue weighted by Crippen LogP contribution is 2.30. The molecule has 0 spiro atoms. The molecular weight excluding hydrogens is 452 g/mol. The summed E-state index contributed by atoms with van der Waals surface area (Å²) in [4.78, 5) is 19.2. The number of nitrogens with one attached hydrogen (secondary N) is 2. The summed E-state index contributed by atoms with van der Waals surface area (Å²) in [5.74, 6) is 0.637. The minimum atomic E-state index is -3.81. The van der Waals surface area contributed by atoms with Crippen LogP contribution in [0.4, 0.5) is 5.82 Å². The molecule has 2 N–H and O–H groups in total. The van der Waals surface area contributed by atoms with E-state index in [0.717, 1.165) is 12.0 Å². The van der Waals surface area contributed by atoms with Crippen molar-refractivity contribution in [2.45, 2.75) is 38.0 Å². The van der Waals surface area contributed by atoms with Gasteiger partial charge in [0.2, 0.25) is 0 Å². The molecule has 0 aliphatic heterocycles. The van der Waals surface area contributed by atoms with Gasteiger partial charge in [0.25, 0.3) is 15.9 Å². The van der Waals surface area contributed by atoms with Crippen LogP contribution in [-0.4, -0.2) is 25.0 Å². The number of anilines is 1. The van der Waals surface area contributed by atoms with Crippen molar-refractivity contribution >= 4 is 39.1 Å². The van der Waals surface area contributed by atoms with Gasteiger partial charge >= 0.3 is 0 Å². The fourth-order valence-electron chi connectivity index (χ4n) is 3.50. The molecule has 1 aliphatic rings. The number of aryl methyl sites for hydroxylation is 2. The quantitative estimate of drug-likeness (QED) is 0.540. The van der Waals surface area contributed by atoms with Gasteiger partial charge in [-0.2, -0.15) is 18.4 Å². The Kier molecular flexibility index (Phi) is 6.03. The molecule has 0 atom stereocenters. The van der Waals surface area contributed by atoms with E-state index in [1.165, 1.54) is 18.3 Å². The van der Waals surface area contributed by atoms with Crippen LogP contribution in [0.1, 0.15) is 45.8 Å². The number of hydrogen-bond donors (Lipinski definition) is 2. The summed E-state index contributed by atoms with van der Waals surface area (Å²) < 4.78 is 31.0. The summed E-state index contributed by atoms with van der Waals surface area (Å²) in [5, 5.41) is 7.32. The maximum atomic E-state index is 12.7. The van der Waals surface area contributed by atoms with E-state index in [2.05, 4.69) is 20.2 Å². The number of nitrogens with zero attached hydrogens (tertiary/aromatic N) is 2. The number of aromatic nitrogens is 1. The molecule has 1 aliphatic carbocycles. The van der Waals surface area contributed by atoms with E-state index >= 15 is 0 Å². The highest BCUT2D eigenvalue weighted by Gasteiger charge is 2.28. The molecule has 4 rings (SSSR count). The maximum absolute atomic E-state index is 12.7. The van der Waals surface area contributed by atoms with Crippen molar-refractivity contribution in [1.82, 2.24) is 9.82 Å². The van der Waals surface area contributed by atoms with Crippen LogP contribution in [0.3, 0.4) is 0 Å². The lowest BCUT2D eigenvalue weighted by molar-refractivity contribution is 0.0993. The SMILES string of the molecule is Cc1ccc(S(=O)(=O)N/N=C2\CCCc3oc(C(=O)Nc4ccc(Cl)cn4)c(C)c32)cc1. The zero-order valence-corrected chi connectivity index (χ0v) is 19.0. The summed E-state index contributed by atoms with van der Waals surface area (Å²) in [6, 6.07) is 9.71. The fourth-order valence-corrected chi connectivity index (χ4v) is 4.45. The Labute approximate surface area is 190 Å². The number of pyridine rings is 1. The molecule has 3 aromatic rings. The second-order valence-corrected chi connectivity index (χ2v) is 9.59. The van der Waals surface area contributed by atoms with E-state index in [9.17, 15) is 13.2 Å². The third kappa shape index (κ3) is 4.53. The molecule has 10 heteroatoms. The highest BCUT2D eigenvalue weighted by molar-refractivity contribution is 7.89. The van der Waals surface area contributed by atoms with Crippen LogP contribution < -0.4 is 10.1 Å². The zero-order valence-electron chi connectivity index (χ0n) is 17.5. The van der Waals surface area contributed by atoms with Gasteiger partial charge in [0.15, 0.2) is 5.76 Å². The van der Waals surface area contributed by atoms with Crippen LogP contribution in [0.5, 0.6) is 0 Å². The number of rotatable bonds is 5. The average molecular weight is 473 g/mol. The number of carbonyl (C=O) groups is 1. The van der Waals surface area contributed by atoms with Gasteiger partial charge < -0.3 is 9.73 Å². The van der Waals surface area contributed by atoms with Crippen molar-refractivity contribution in [1.29, 1.82) is 0 Å². The van der Waals surface area contributed by atoms with Crippen molar-refractivity contribution in [2.24, 2.45) is 5.10 Å². The van der Waals surface area contributed by atoms with Crippen molar-refractivity contribution in [2.75, 3.05) is 5.32 Å². The molecule has 1 amide bonds. The van der Waals surface area contributed by atoms with E-state index in [-0.39, 0.29) is 10.7 Å². The minimum absolute atomic E-state index is 0.128. The molecule has 0 bridgehead atoms. The maximum Gasteiger partial charge on any atom is 0.292 e. The number of furan rings is 1. The Morgan fingerprint density at radius 3 is 2.56 bits per heavy atom. The number of sulfonamides is 1. The summed E-state index contributed by atoms with van der Waals surface area (Å²) >= 11 is 5.83. The van der Waals surface area contributed by atoms with Gasteiger partial charge in [-0.05, 0) is 51.0 Å². The summed E-state index contributed by atoms with van der Waals surface area (Å²) in [5.41, 5.74) is 2.75. The third-order valence-electron chi connectivity index (χ3n) is 5.13. The topological polar surface area (TPSA) is 114 Å².